The molecule has 0 heterocycles. The molecule has 0 saturated heterocycles. The van der Waals surface area contributed by atoms with Gasteiger partial charge in [-0.1, -0.05) is 238 Å². The van der Waals surface area contributed by atoms with Crippen molar-refractivity contribution in [3.8, 4) is 0 Å². The van der Waals surface area contributed by atoms with Gasteiger partial charge in [-0.2, -0.15) is 0 Å². The van der Waals surface area contributed by atoms with Crippen LogP contribution in [0.5, 0.6) is 0 Å². The Kier molecular flexibility index (Phi) is 49.5. The van der Waals surface area contributed by atoms with Crippen LogP contribution in [0, 0.1) is 0 Å². The summed E-state index contributed by atoms with van der Waals surface area (Å²) in [4.78, 5) is 38.7. The van der Waals surface area contributed by atoms with Crippen molar-refractivity contribution in [3.05, 3.63) is 24.3 Å². The molecule has 0 aromatic carbocycles. The molecule has 0 fully saturated rings. The highest BCUT2D eigenvalue weighted by Gasteiger charge is 2.30. The number of Topliss-reactive ketones (excluding diaryl/α,β-unsaturated/α-hetero) is 1. The molecule has 0 aliphatic rings. The van der Waals surface area contributed by atoms with Crippen LogP contribution in [0.1, 0.15) is 303 Å². The van der Waals surface area contributed by atoms with Crippen molar-refractivity contribution in [1.82, 2.24) is 0 Å². The molecule has 0 aromatic heterocycles. The second-order valence-corrected chi connectivity index (χ2v) is 19.0. The monoisotopic (exact) mass is 887 g/mol. The van der Waals surface area contributed by atoms with Gasteiger partial charge in [0.25, 0.3) is 0 Å². The number of hydrogen-bond donors (Lipinski definition) is 1. The molecule has 1 N–H and O–H groups in total. The minimum atomic E-state index is -1.48. The molecular weight excluding hydrogens is 781 g/mol. The number of aliphatic hydroxyl groups is 1. The van der Waals surface area contributed by atoms with E-state index in [1.165, 1.54) is 173 Å². The summed E-state index contributed by atoms with van der Waals surface area (Å²) >= 11 is 0. The number of ether oxygens (including phenoxy) is 2. The molecule has 0 saturated carbocycles. The number of allylic oxidation sites excluding steroid dienone is 4. The number of unbranched alkanes of at least 4 members (excludes halogenated alkanes) is 36. The summed E-state index contributed by atoms with van der Waals surface area (Å²) in [6, 6.07) is 0. The Bertz CT molecular complexity index is 1040. The highest BCUT2D eigenvalue weighted by Crippen LogP contribution is 2.17. The fourth-order valence-electron chi connectivity index (χ4n) is 8.37. The summed E-state index contributed by atoms with van der Waals surface area (Å²) in [6.07, 6.45) is 56.9. The third-order valence-corrected chi connectivity index (χ3v) is 12.7. The number of aliphatic hydroxyl groups excluding tert-OH is 1. The van der Waals surface area contributed by atoms with E-state index in [2.05, 4.69) is 45.1 Å². The Labute approximate surface area is 391 Å². The lowest BCUT2D eigenvalue weighted by atomic mass is 10.0. The predicted molar refractivity (Wildman–Crippen MR) is 270 cm³/mol. The van der Waals surface area contributed by atoms with Crippen molar-refractivity contribution in [2.75, 3.05) is 6.61 Å². The minimum Gasteiger partial charge on any atom is -0.462 e. The first-order chi connectivity index (χ1) is 31.0. The smallest absolute Gasteiger partial charge is 0.306 e. The predicted octanol–water partition coefficient (Wildman–Crippen LogP) is 17.7. The highest BCUT2D eigenvalue weighted by atomic mass is 16.6. The molecule has 6 heteroatoms. The van der Waals surface area contributed by atoms with E-state index in [-0.39, 0.29) is 37.6 Å². The van der Waals surface area contributed by atoms with Gasteiger partial charge in [-0.05, 0) is 70.6 Å². The van der Waals surface area contributed by atoms with Gasteiger partial charge in [-0.25, -0.2) is 0 Å². The Balaban J connectivity index is 4.50. The average molecular weight is 887 g/mol. The van der Waals surface area contributed by atoms with E-state index in [4.69, 9.17) is 9.47 Å². The van der Waals surface area contributed by atoms with E-state index in [9.17, 15) is 19.5 Å². The maximum Gasteiger partial charge on any atom is 0.306 e. The lowest BCUT2D eigenvalue weighted by molar-refractivity contribution is -0.168. The van der Waals surface area contributed by atoms with Gasteiger partial charge >= 0.3 is 11.9 Å². The summed E-state index contributed by atoms with van der Waals surface area (Å²) in [7, 11) is 0. The Morgan fingerprint density at radius 2 is 0.635 bits per heavy atom. The third-order valence-electron chi connectivity index (χ3n) is 12.7. The van der Waals surface area contributed by atoms with E-state index in [1.54, 1.807) is 0 Å². The van der Waals surface area contributed by atoms with Gasteiger partial charge in [0, 0.05) is 19.3 Å². The van der Waals surface area contributed by atoms with Crippen molar-refractivity contribution in [2.24, 2.45) is 0 Å². The second kappa shape index (κ2) is 51.0. The first kappa shape index (κ1) is 61.0. The van der Waals surface area contributed by atoms with Gasteiger partial charge in [0.1, 0.15) is 6.61 Å². The Morgan fingerprint density at radius 3 is 0.968 bits per heavy atom. The highest BCUT2D eigenvalue weighted by molar-refractivity contribution is 5.84. The van der Waals surface area contributed by atoms with Crippen LogP contribution in [0.3, 0.4) is 0 Å². The van der Waals surface area contributed by atoms with Crippen LogP contribution < -0.4 is 0 Å². The van der Waals surface area contributed by atoms with Crippen LogP contribution in [-0.4, -0.2) is 41.6 Å². The van der Waals surface area contributed by atoms with Gasteiger partial charge in [-0.3, -0.25) is 14.4 Å². The Morgan fingerprint density at radius 1 is 0.365 bits per heavy atom. The molecule has 370 valence electrons. The SMILES string of the molecule is CCCCCCCC/C=C\CCCCCCCC(=O)OCC(OC(=O)CCCCCCC/C=C\CCCCCCCC)C(O)C(=O)CCCCCCCCCCCCCCCCC. The van der Waals surface area contributed by atoms with Gasteiger partial charge in [0.05, 0.1) is 0 Å². The first-order valence-corrected chi connectivity index (χ1v) is 27.8. The molecule has 0 aliphatic heterocycles. The fraction of sp³-hybridized carbons (Fsp3) is 0.877. The van der Waals surface area contributed by atoms with Crippen LogP contribution in [0.15, 0.2) is 24.3 Å². The normalized spacial score (nSPS) is 12.7. The van der Waals surface area contributed by atoms with Gasteiger partial charge < -0.3 is 14.6 Å². The molecule has 0 spiro atoms. The minimum absolute atomic E-state index is 0.234. The number of esters is 2. The molecule has 0 bridgehead atoms. The van der Waals surface area contributed by atoms with Crippen LogP contribution in [0.2, 0.25) is 0 Å². The van der Waals surface area contributed by atoms with Crippen LogP contribution in [-0.2, 0) is 23.9 Å². The molecule has 0 rings (SSSR count). The van der Waals surface area contributed by atoms with Crippen molar-refractivity contribution < 1.29 is 29.0 Å². The van der Waals surface area contributed by atoms with E-state index in [0.29, 0.717) is 12.8 Å². The molecule has 6 nitrogen and oxygen atoms in total. The van der Waals surface area contributed by atoms with Crippen molar-refractivity contribution in [2.45, 2.75) is 315 Å². The first-order valence-electron chi connectivity index (χ1n) is 27.8. The molecular formula is C57H106O6. The van der Waals surface area contributed by atoms with Crippen LogP contribution >= 0.6 is 0 Å². The molecule has 0 aliphatic carbocycles. The van der Waals surface area contributed by atoms with Crippen molar-refractivity contribution in [3.63, 3.8) is 0 Å². The lowest BCUT2D eigenvalue weighted by Gasteiger charge is -2.22. The summed E-state index contributed by atoms with van der Waals surface area (Å²) < 4.78 is 11.2. The molecule has 63 heavy (non-hydrogen) atoms. The zero-order chi connectivity index (χ0) is 45.9. The largest absolute Gasteiger partial charge is 0.462 e. The zero-order valence-electron chi connectivity index (χ0n) is 42.3. The number of carbonyl (C=O) groups excluding carboxylic acids is 3. The lowest BCUT2D eigenvalue weighted by Crippen LogP contribution is -2.41. The van der Waals surface area contributed by atoms with Crippen molar-refractivity contribution >= 4 is 17.7 Å². The van der Waals surface area contributed by atoms with E-state index >= 15 is 0 Å². The quantitative estimate of drug-likeness (QED) is 0.0372. The van der Waals surface area contributed by atoms with Crippen molar-refractivity contribution in [1.29, 1.82) is 0 Å². The van der Waals surface area contributed by atoms with E-state index in [1.807, 2.05) is 0 Å². The number of ketones is 1. The maximum atomic E-state index is 13.1. The maximum absolute atomic E-state index is 13.1. The fourth-order valence-corrected chi connectivity index (χ4v) is 8.37. The summed E-state index contributed by atoms with van der Waals surface area (Å²) in [5.41, 5.74) is 0. The zero-order valence-corrected chi connectivity index (χ0v) is 42.3. The standard InChI is InChI=1S/C57H106O6/c1-4-7-10-13-16-19-22-25-28-31-34-37-40-43-46-49-53(58)57(61)54(63-56(60)51-48-45-42-39-36-33-30-27-24-21-18-15-12-9-6-3)52-62-55(59)50-47-44-41-38-35-32-29-26-23-20-17-14-11-8-5-2/h26-27,29-30,54,57,61H,4-25,28,31-52H2,1-3H3/b29-26-,30-27-. The molecule has 2 atom stereocenters. The molecule has 0 aromatic rings. The van der Waals surface area contributed by atoms with E-state index in [0.717, 1.165) is 77.0 Å². The molecule has 2 unspecified atom stereocenters. The van der Waals surface area contributed by atoms with Gasteiger partial charge in [0.2, 0.25) is 0 Å². The van der Waals surface area contributed by atoms with Crippen LogP contribution in [0.25, 0.3) is 0 Å². The number of carbonyl (C=O) groups is 3. The topological polar surface area (TPSA) is 89.9 Å². The second-order valence-electron chi connectivity index (χ2n) is 19.0. The molecule has 0 amide bonds. The number of rotatable bonds is 51. The third kappa shape index (κ3) is 46.4. The average Bonchev–Trinajstić information content (AvgIpc) is 3.28. The summed E-state index contributed by atoms with van der Waals surface area (Å²) in [6.45, 7) is 6.50. The van der Waals surface area contributed by atoms with Gasteiger partial charge in [-0.15, -0.1) is 0 Å². The molecule has 0 radical (unpaired) electrons. The number of hydrogen-bond acceptors (Lipinski definition) is 6. The summed E-state index contributed by atoms with van der Waals surface area (Å²) in [5.74, 6) is -1.14. The summed E-state index contributed by atoms with van der Waals surface area (Å²) in [5, 5.41) is 11.0. The van der Waals surface area contributed by atoms with E-state index < -0.39 is 18.2 Å². The van der Waals surface area contributed by atoms with Gasteiger partial charge in [0.15, 0.2) is 18.0 Å². The van der Waals surface area contributed by atoms with Crippen LogP contribution in [0.4, 0.5) is 0 Å². The Hall–Kier alpha value is -1.95.